The molecule has 1 fully saturated rings. The van der Waals surface area contributed by atoms with Gasteiger partial charge in [-0.1, -0.05) is 17.3 Å². The number of nitriles is 1. The molecule has 1 unspecified atom stereocenters. The van der Waals surface area contributed by atoms with Crippen LogP contribution < -0.4 is 0 Å². The molecular formula is C19H24N4O2. The summed E-state index contributed by atoms with van der Waals surface area (Å²) < 4.78 is 5.24. The SMILES string of the molecule is Cc1noc(C)c1CN1CCN(CC(O)c2ccc(C#N)cc2)CC1. The number of hydrogen-bond donors (Lipinski definition) is 1. The molecule has 1 N–H and O–H groups in total. The Morgan fingerprint density at radius 2 is 1.80 bits per heavy atom. The van der Waals surface area contributed by atoms with Crippen molar-refractivity contribution in [2.75, 3.05) is 32.7 Å². The molecule has 0 radical (unpaired) electrons. The fourth-order valence-corrected chi connectivity index (χ4v) is 3.21. The van der Waals surface area contributed by atoms with E-state index in [1.165, 1.54) is 5.56 Å². The van der Waals surface area contributed by atoms with Crippen molar-refractivity contribution >= 4 is 0 Å². The van der Waals surface area contributed by atoms with E-state index in [9.17, 15) is 5.11 Å². The normalized spacial score (nSPS) is 17.4. The van der Waals surface area contributed by atoms with Crippen molar-refractivity contribution < 1.29 is 9.63 Å². The van der Waals surface area contributed by atoms with Crippen LogP contribution in [0.4, 0.5) is 0 Å². The maximum atomic E-state index is 10.4. The molecule has 0 saturated carbocycles. The Bertz CT molecular complexity index is 720. The first kappa shape index (κ1) is 17.6. The maximum Gasteiger partial charge on any atom is 0.138 e. The Labute approximate surface area is 148 Å². The van der Waals surface area contributed by atoms with Crippen LogP contribution in [0.5, 0.6) is 0 Å². The maximum absolute atomic E-state index is 10.4. The monoisotopic (exact) mass is 340 g/mol. The van der Waals surface area contributed by atoms with Gasteiger partial charge in [0.2, 0.25) is 0 Å². The van der Waals surface area contributed by atoms with E-state index in [1.54, 1.807) is 12.1 Å². The Kier molecular flexibility index (Phi) is 5.49. The predicted molar refractivity (Wildman–Crippen MR) is 93.8 cm³/mol. The Balaban J connectivity index is 1.49. The molecule has 2 aromatic rings. The topological polar surface area (TPSA) is 76.5 Å². The number of aliphatic hydroxyl groups excluding tert-OH is 1. The highest BCUT2D eigenvalue weighted by atomic mass is 16.5. The minimum absolute atomic E-state index is 0.526. The van der Waals surface area contributed by atoms with Gasteiger partial charge >= 0.3 is 0 Å². The molecule has 25 heavy (non-hydrogen) atoms. The lowest BCUT2D eigenvalue weighted by molar-refractivity contribution is 0.0699. The number of β-amino-alcohol motifs (C(OH)–C–C–N with tert-alkyl or cyclic N) is 1. The molecule has 132 valence electrons. The van der Waals surface area contributed by atoms with Gasteiger partial charge in [-0.25, -0.2) is 0 Å². The number of nitrogens with zero attached hydrogens (tertiary/aromatic N) is 4. The van der Waals surface area contributed by atoms with Crippen molar-refractivity contribution in [1.82, 2.24) is 15.0 Å². The average Bonchev–Trinajstić information content (AvgIpc) is 2.95. The minimum Gasteiger partial charge on any atom is -0.387 e. The van der Waals surface area contributed by atoms with Crippen molar-refractivity contribution in [2.45, 2.75) is 26.5 Å². The van der Waals surface area contributed by atoms with Gasteiger partial charge in [-0.3, -0.25) is 9.80 Å². The standard InChI is InChI=1S/C19H24N4O2/c1-14-18(15(2)25-21-14)12-22-7-9-23(10-8-22)13-19(24)17-5-3-16(11-20)4-6-17/h3-6,19,24H,7-10,12-13H2,1-2H3. The van der Waals surface area contributed by atoms with Crippen LogP contribution in [0, 0.1) is 25.2 Å². The highest BCUT2D eigenvalue weighted by Gasteiger charge is 2.21. The summed E-state index contributed by atoms with van der Waals surface area (Å²) in [6, 6.07) is 9.26. The summed E-state index contributed by atoms with van der Waals surface area (Å²) in [5, 5.41) is 23.3. The van der Waals surface area contributed by atoms with Crippen LogP contribution in [0.2, 0.25) is 0 Å². The molecule has 2 heterocycles. The van der Waals surface area contributed by atoms with Crippen LogP contribution in [0.3, 0.4) is 0 Å². The zero-order valence-electron chi connectivity index (χ0n) is 14.8. The molecule has 1 aromatic carbocycles. The van der Waals surface area contributed by atoms with Crippen LogP contribution in [-0.2, 0) is 6.54 Å². The molecule has 0 aliphatic carbocycles. The zero-order chi connectivity index (χ0) is 17.8. The summed E-state index contributed by atoms with van der Waals surface area (Å²) >= 11 is 0. The van der Waals surface area contributed by atoms with Crippen molar-refractivity contribution in [3.8, 4) is 6.07 Å². The third kappa shape index (κ3) is 4.26. The van der Waals surface area contributed by atoms with Crippen molar-refractivity contribution in [3.63, 3.8) is 0 Å². The largest absolute Gasteiger partial charge is 0.387 e. The Morgan fingerprint density at radius 3 is 2.36 bits per heavy atom. The second kappa shape index (κ2) is 7.79. The molecule has 1 atom stereocenters. The highest BCUT2D eigenvalue weighted by molar-refractivity contribution is 5.32. The fraction of sp³-hybridized carbons (Fsp3) is 0.474. The van der Waals surface area contributed by atoms with E-state index in [-0.39, 0.29) is 0 Å². The molecule has 1 aliphatic heterocycles. The smallest absolute Gasteiger partial charge is 0.138 e. The molecule has 6 heteroatoms. The van der Waals surface area contributed by atoms with Crippen molar-refractivity contribution in [3.05, 3.63) is 52.4 Å². The van der Waals surface area contributed by atoms with Crippen molar-refractivity contribution in [1.29, 1.82) is 5.26 Å². The van der Waals surface area contributed by atoms with E-state index in [0.717, 1.165) is 49.7 Å². The predicted octanol–water partition coefficient (Wildman–Crippen LogP) is 2.01. The number of benzene rings is 1. The molecule has 1 saturated heterocycles. The summed E-state index contributed by atoms with van der Waals surface area (Å²) in [5.41, 5.74) is 3.63. The van der Waals surface area contributed by atoms with E-state index in [2.05, 4.69) is 21.0 Å². The van der Waals surface area contributed by atoms with Gasteiger partial charge in [0.15, 0.2) is 0 Å². The third-order valence-electron chi connectivity index (χ3n) is 4.88. The minimum atomic E-state index is -0.526. The van der Waals surface area contributed by atoms with Gasteiger partial charge in [0, 0.05) is 44.8 Å². The molecule has 1 aliphatic rings. The van der Waals surface area contributed by atoms with Crippen LogP contribution in [0.1, 0.15) is 34.2 Å². The van der Waals surface area contributed by atoms with Gasteiger partial charge < -0.3 is 9.63 Å². The summed E-state index contributed by atoms with van der Waals surface area (Å²) in [5.74, 6) is 0.899. The van der Waals surface area contributed by atoms with Crippen LogP contribution in [0.25, 0.3) is 0 Å². The van der Waals surface area contributed by atoms with Gasteiger partial charge in [-0.15, -0.1) is 0 Å². The first-order valence-electron chi connectivity index (χ1n) is 8.61. The lowest BCUT2D eigenvalue weighted by Gasteiger charge is -2.35. The van der Waals surface area contributed by atoms with Gasteiger partial charge in [0.1, 0.15) is 5.76 Å². The first-order chi connectivity index (χ1) is 12.1. The van der Waals surface area contributed by atoms with E-state index in [4.69, 9.17) is 9.78 Å². The summed E-state index contributed by atoms with van der Waals surface area (Å²) in [6.45, 7) is 9.20. The summed E-state index contributed by atoms with van der Waals surface area (Å²) in [7, 11) is 0. The number of rotatable bonds is 5. The van der Waals surface area contributed by atoms with E-state index in [0.29, 0.717) is 12.1 Å². The number of piperazine rings is 1. The van der Waals surface area contributed by atoms with E-state index < -0.39 is 6.10 Å². The molecule has 0 bridgehead atoms. The van der Waals surface area contributed by atoms with Gasteiger partial charge in [0.05, 0.1) is 23.4 Å². The molecule has 0 spiro atoms. The van der Waals surface area contributed by atoms with Crippen LogP contribution in [-0.4, -0.2) is 52.8 Å². The van der Waals surface area contributed by atoms with E-state index in [1.807, 2.05) is 26.0 Å². The number of aliphatic hydroxyl groups is 1. The van der Waals surface area contributed by atoms with Gasteiger partial charge in [-0.2, -0.15) is 5.26 Å². The molecule has 1 aromatic heterocycles. The Morgan fingerprint density at radius 1 is 1.16 bits per heavy atom. The second-order valence-electron chi connectivity index (χ2n) is 6.63. The van der Waals surface area contributed by atoms with Gasteiger partial charge in [-0.05, 0) is 31.5 Å². The zero-order valence-corrected chi connectivity index (χ0v) is 14.8. The Hall–Kier alpha value is -2.20. The molecule has 0 amide bonds. The molecule has 6 nitrogen and oxygen atoms in total. The number of aromatic nitrogens is 1. The highest BCUT2D eigenvalue weighted by Crippen LogP contribution is 2.18. The fourth-order valence-electron chi connectivity index (χ4n) is 3.21. The third-order valence-corrected chi connectivity index (χ3v) is 4.88. The van der Waals surface area contributed by atoms with Gasteiger partial charge in [0.25, 0.3) is 0 Å². The first-order valence-corrected chi connectivity index (χ1v) is 8.61. The average molecular weight is 340 g/mol. The number of hydrogen-bond acceptors (Lipinski definition) is 6. The lowest BCUT2D eigenvalue weighted by atomic mass is 10.1. The lowest BCUT2D eigenvalue weighted by Crippen LogP contribution is -2.47. The molecular weight excluding hydrogens is 316 g/mol. The van der Waals surface area contributed by atoms with Crippen molar-refractivity contribution in [2.24, 2.45) is 0 Å². The molecule has 3 rings (SSSR count). The second-order valence-corrected chi connectivity index (χ2v) is 6.63. The summed E-state index contributed by atoms with van der Waals surface area (Å²) in [6.07, 6.45) is -0.526. The summed E-state index contributed by atoms with van der Waals surface area (Å²) in [4.78, 5) is 4.68. The van der Waals surface area contributed by atoms with Crippen LogP contribution >= 0.6 is 0 Å². The quantitative estimate of drug-likeness (QED) is 0.897. The van der Waals surface area contributed by atoms with Crippen LogP contribution in [0.15, 0.2) is 28.8 Å². The number of aryl methyl sites for hydroxylation is 2. The van der Waals surface area contributed by atoms with E-state index >= 15 is 0 Å².